The number of carbonyl (C=O) groups is 1. The Kier molecular flexibility index (Phi) is 7.39. The summed E-state index contributed by atoms with van der Waals surface area (Å²) in [6.45, 7) is 16.0. The Morgan fingerprint density at radius 1 is 1.03 bits per heavy atom. The van der Waals surface area contributed by atoms with E-state index in [1.165, 1.54) is 11.4 Å². The van der Waals surface area contributed by atoms with Gasteiger partial charge in [0.15, 0.2) is 0 Å². The maximum atomic E-state index is 13.5. The van der Waals surface area contributed by atoms with Crippen LogP contribution in [-0.2, 0) is 19.6 Å². The number of esters is 1. The number of sulfonamides is 1. The van der Waals surface area contributed by atoms with E-state index >= 15 is 0 Å². The Hall–Kier alpha value is -1.18. The molecule has 1 aliphatic rings. The summed E-state index contributed by atoms with van der Waals surface area (Å²) in [7, 11) is -4.38. The van der Waals surface area contributed by atoms with Crippen molar-refractivity contribution >= 4 is 24.1 Å². The molecule has 0 radical (unpaired) electrons. The van der Waals surface area contributed by atoms with E-state index < -0.39 is 30.1 Å². The molecule has 0 saturated carbocycles. The maximum Gasteiger partial charge on any atom is 0.324 e. The molecule has 7 heteroatoms. The van der Waals surface area contributed by atoms with Crippen molar-refractivity contribution in [2.75, 3.05) is 13.7 Å². The van der Waals surface area contributed by atoms with Gasteiger partial charge in [0.2, 0.25) is 10.0 Å². The summed E-state index contributed by atoms with van der Waals surface area (Å²) < 4.78 is 33.4. The molecule has 1 heterocycles. The molecule has 0 bridgehead atoms. The van der Waals surface area contributed by atoms with Crippen LogP contribution in [0.25, 0.3) is 0 Å². The van der Waals surface area contributed by atoms with Gasteiger partial charge in [-0.1, -0.05) is 75.9 Å². The minimum absolute atomic E-state index is 0.215. The third kappa shape index (κ3) is 4.19. The number of carbonyl (C=O) groups excluding carboxylic acids is 1. The average Bonchev–Trinajstić information content (AvgIpc) is 3.07. The molecule has 1 aliphatic heterocycles. The third-order valence-electron chi connectivity index (χ3n) is 7.06. The van der Waals surface area contributed by atoms with Gasteiger partial charge in [0, 0.05) is 6.54 Å². The number of ether oxygens (including phenoxy) is 1. The molecule has 1 saturated heterocycles. The van der Waals surface area contributed by atoms with Crippen LogP contribution < -0.4 is 0 Å². The monoisotopic (exact) mass is 439 g/mol. The van der Waals surface area contributed by atoms with Crippen molar-refractivity contribution in [3.05, 3.63) is 29.8 Å². The van der Waals surface area contributed by atoms with E-state index in [2.05, 4.69) is 41.5 Å². The predicted octanol–water partition coefficient (Wildman–Crippen LogP) is 4.98. The van der Waals surface area contributed by atoms with Gasteiger partial charge >= 0.3 is 5.97 Å². The second-order valence-electron chi connectivity index (χ2n) is 9.32. The first-order valence-electron chi connectivity index (χ1n) is 10.6. The second-order valence-corrected chi connectivity index (χ2v) is 17.5. The van der Waals surface area contributed by atoms with E-state index in [9.17, 15) is 13.2 Å². The Morgan fingerprint density at radius 2 is 1.52 bits per heavy atom. The van der Waals surface area contributed by atoms with Crippen LogP contribution in [-0.4, -0.2) is 46.5 Å². The van der Waals surface area contributed by atoms with Crippen molar-refractivity contribution in [1.29, 1.82) is 0 Å². The number of benzene rings is 1. The van der Waals surface area contributed by atoms with Crippen LogP contribution in [0.3, 0.4) is 0 Å². The van der Waals surface area contributed by atoms with Crippen molar-refractivity contribution in [2.45, 2.75) is 88.0 Å². The summed E-state index contributed by atoms with van der Waals surface area (Å²) in [5.41, 5.74) is 2.69. The fourth-order valence-electron chi connectivity index (χ4n) is 6.04. The highest BCUT2D eigenvalue weighted by Crippen LogP contribution is 2.54. The molecule has 2 rings (SSSR count). The van der Waals surface area contributed by atoms with Crippen LogP contribution in [0, 0.1) is 6.92 Å². The molecule has 164 valence electrons. The van der Waals surface area contributed by atoms with Gasteiger partial charge in [0.1, 0.15) is 6.04 Å². The van der Waals surface area contributed by atoms with Crippen molar-refractivity contribution < 1.29 is 17.9 Å². The van der Waals surface area contributed by atoms with Crippen molar-refractivity contribution in [3.63, 3.8) is 0 Å². The van der Waals surface area contributed by atoms with Crippen LogP contribution >= 0.6 is 0 Å². The maximum absolute atomic E-state index is 13.5. The molecule has 2 atom stereocenters. The molecule has 1 aromatic carbocycles. The zero-order valence-electron chi connectivity index (χ0n) is 19.1. The van der Waals surface area contributed by atoms with Crippen LogP contribution in [0.4, 0.5) is 0 Å². The largest absolute Gasteiger partial charge is 0.468 e. The van der Waals surface area contributed by atoms with Gasteiger partial charge < -0.3 is 4.74 Å². The second kappa shape index (κ2) is 8.90. The summed E-state index contributed by atoms with van der Waals surface area (Å²) in [5.74, 6) is -0.456. The lowest BCUT2D eigenvalue weighted by Crippen LogP contribution is -2.50. The predicted molar refractivity (Wildman–Crippen MR) is 120 cm³/mol. The third-order valence-corrected chi connectivity index (χ3v) is 16.8. The minimum Gasteiger partial charge on any atom is -0.468 e. The van der Waals surface area contributed by atoms with Gasteiger partial charge in [-0.15, -0.1) is 0 Å². The molecule has 0 amide bonds. The van der Waals surface area contributed by atoms with E-state index in [1.54, 1.807) is 24.3 Å². The van der Waals surface area contributed by atoms with E-state index in [0.29, 0.717) is 29.6 Å². The Balaban J connectivity index is 2.55. The van der Waals surface area contributed by atoms with E-state index in [4.69, 9.17) is 4.74 Å². The lowest BCUT2D eigenvalue weighted by molar-refractivity contribution is -0.144. The molecule has 1 fully saturated rings. The first-order valence-corrected chi connectivity index (χ1v) is 14.3. The molecule has 0 aromatic heterocycles. The van der Waals surface area contributed by atoms with Gasteiger partial charge in [0.05, 0.1) is 20.1 Å². The summed E-state index contributed by atoms with van der Waals surface area (Å²) in [4.78, 5) is 12.9. The van der Waals surface area contributed by atoms with Gasteiger partial charge in [-0.3, -0.25) is 4.79 Å². The fourth-order valence-corrected chi connectivity index (χ4v) is 15.8. The van der Waals surface area contributed by atoms with Gasteiger partial charge in [-0.2, -0.15) is 4.31 Å². The lowest BCUT2D eigenvalue weighted by atomic mass is 10.2. The number of aryl methyl sites for hydroxylation is 1. The molecule has 2 unspecified atom stereocenters. The van der Waals surface area contributed by atoms with Crippen molar-refractivity contribution in [2.24, 2.45) is 0 Å². The van der Waals surface area contributed by atoms with E-state index in [-0.39, 0.29) is 10.4 Å². The zero-order chi connectivity index (χ0) is 22.1. The molecule has 29 heavy (non-hydrogen) atoms. The topological polar surface area (TPSA) is 63.7 Å². The standard InChI is InChI=1S/C22H37NO4SSi/c1-15(2)29(16(3)4,17(5)6)20-13-21(22(24)27-8)23(14-20)28(25,26)19-11-9-18(7)10-12-19/h9-12,15-17,20-21H,13-14H2,1-8H3. The molecule has 0 N–H and O–H groups in total. The van der Waals surface area contributed by atoms with Crippen molar-refractivity contribution in [1.82, 2.24) is 4.31 Å². The molecule has 0 spiro atoms. The van der Waals surface area contributed by atoms with Crippen LogP contribution in [0.2, 0.25) is 22.2 Å². The first kappa shape index (κ1) is 24.1. The highest BCUT2D eigenvalue weighted by Gasteiger charge is 2.56. The molecular weight excluding hydrogens is 402 g/mol. The smallest absolute Gasteiger partial charge is 0.324 e. The molecular formula is C22H37NO4SSi. The summed E-state index contributed by atoms with van der Waals surface area (Å²) in [6, 6.07) is 6.10. The number of nitrogens with zero attached hydrogens (tertiary/aromatic N) is 1. The summed E-state index contributed by atoms with van der Waals surface area (Å²) >= 11 is 0. The summed E-state index contributed by atoms with van der Waals surface area (Å²) in [5, 5.41) is 0. The fraction of sp³-hybridized carbons (Fsp3) is 0.682. The van der Waals surface area contributed by atoms with Crippen molar-refractivity contribution in [3.8, 4) is 0 Å². The van der Waals surface area contributed by atoms with E-state index in [0.717, 1.165) is 5.56 Å². The molecule has 1 aromatic rings. The van der Waals surface area contributed by atoms with Crippen LogP contribution in [0.5, 0.6) is 0 Å². The molecule has 0 aliphatic carbocycles. The normalized spacial score (nSPS) is 21.3. The Labute approximate surface area is 177 Å². The number of hydrogen-bond acceptors (Lipinski definition) is 4. The van der Waals surface area contributed by atoms with Crippen LogP contribution in [0.15, 0.2) is 29.2 Å². The average molecular weight is 440 g/mol. The number of rotatable bonds is 7. The SMILES string of the molecule is COC(=O)C1CC([Si](C(C)C)(C(C)C)C(C)C)CN1S(=O)(=O)c1ccc(C)cc1. The van der Waals surface area contributed by atoms with Crippen LogP contribution in [0.1, 0.15) is 53.5 Å². The minimum atomic E-state index is -3.78. The van der Waals surface area contributed by atoms with Gasteiger partial charge in [0.25, 0.3) is 0 Å². The van der Waals surface area contributed by atoms with Gasteiger partial charge in [-0.25, -0.2) is 8.42 Å². The Bertz CT molecular complexity index is 796. The van der Waals surface area contributed by atoms with E-state index in [1.807, 2.05) is 6.92 Å². The zero-order valence-corrected chi connectivity index (χ0v) is 20.9. The highest BCUT2D eigenvalue weighted by molar-refractivity contribution is 7.89. The molecule has 5 nitrogen and oxygen atoms in total. The Morgan fingerprint density at radius 3 is 1.93 bits per heavy atom. The van der Waals surface area contributed by atoms with Gasteiger partial charge in [-0.05, 0) is 31.0 Å². The number of hydrogen-bond donors (Lipinski definition) is 0. The summed E-state index contributed by atoms with van der Waals surface area (Å²) in [6.07, 6.45) is 0.554. The quantitative estimate of drug-likeness (QED) is 0.444. The number of methoxy groups -OCH3 is 1. The lowest BCUT2D eigenvalue weighted by Gasteiger charge is -2.48. The first-order chi connectivity index (χ1) is 13.4. The highest BCUT2D eigenvalue weighted by atomic mass is 32.2.